The summed E-state index contributed by atoms with van der Waals surface area (Å²) in [7, 11) is 0. The Morgan fingerprint density at radius 2 is 2.04 bits per heavy atom. The van der Waals surface area contributed by atoms with Gasteiger partial charge in [0.2, 0.25) is 0 Å². The van der Waals surface area contributed by atoms with Crippen LogP contribution in [0.1, 0.15) is 35.7 Å². The van der Waals surface area contributed by atoms with Crippen LogP contribution in [0, 0.1) is 0 Å². The molecule has 1 aliphatic rings. The molecule has 3 aromatic rings. The van der Waals surface area contributed by atoms with Crippen LogP contribution in [-0.2, 0) is 16.1 Å². The molecule has 1 N–H and O–H groups in total. The summed E-state index contributed by atoms with van der Waals surface area (Å²) in [4.78, 5) is 25.8. The van der Waals surface area contributed by atoms with Gasteiger partial charge in [0.05, 0.1) is 11.4 Å². The molecular formula is C21H21N3O3S. The van der Waals surface area contributed by atoms with Crippen LogP contribution in [-0.4, -0.2) is 33.8 Å². The molecule has 0 radical (unpaired) electrons. The van der Waals surface area contributed by atoms with Gasteiger partial charge in [0.25, 0.3) is 5.91 Å². The molecule has 2 aromatic heterocycles. The number of ether oxygens (including phenoxy) is 1. The van der Waals surface area contributed by atoms with Gasteiger partial charge in [-0.25, -0.2) is 4.79 Å². The molecule has 2 heterocycles. The number of carbonyl (C=O) groups excluding carboxylic acids is 2. The number of benzene rings is 1. The van der Waals surface area contributed by atoms with E-state index < -0.39 is 12.1 Å². The van der Waals surface area contributed by atoms with Gasteiger partial charge in [-0.3, -0.25) is 9.48 Å². The molecule has 0 bridgehead atoms. The molecule has 0 spiro atoms. The number of nitrogens with one attached hydrogen (secondary N) is 1. The molecule has 6 nitrogen and oxygen atoms in total. The molecule has 1 atom stereocenters. The lowest BCUT2D eigenvalue weighted by atomic mass is 10.2. The minimum Gasteiger partial charge on any atom is -0.449 e. The highest BCUT2D eigenvalue weighted by Gasteiger charge is 2.28. The second kappa shape index (κ2) is 7.98. The number of carbonyl (C=O) groups is 2. The van der Waals surface area contributed by atoms with E-state index in [1.165, 1.54) is 11.3 Å². The first-order valence-corrected chi connectivity index (χ1v) is 10.1. The summed E-state index contributed by atoms with van der Waals surface area (Å²) in [6.45, 7) is 2.14. The third-order valence-corrected chi connectivity index (χ3v) is 5.38. The Kier molecular flexibility index (Phi) is 5.25. The SMILES string of the molecule is C[C@H](OC(=O)c1cn(Cc2ccccc2)nc1-c1cccs1)C(=O)NC1CC1. The van der Waals surface area contributed by atoms with Gasteiger partial charge < -0.3 is 10.1 Å². The van der Waals surface area contributed by atoms with Crippen LogP contribution in [0.5, 0.6) is 0 Å². The molecule has 1 amide bonds. The van der Waals surface area contributed by atoms with E-state index in [0.29, 0.717) is 17.8 Å². The Bertz CT molecular complexity index is 962. The van der Waals surface area contributed by atoms with Crippen molar-refractivity contribution in [3.05, 3.63) is 65.2 Å². The van der Waals surface area contributed by atoms with Gasteiger partial charge in [-0.1, -0.05) is 36.4 Å². The van der Waals surface area contributed by atoms with E-state index >= 15 is 0 Å². The molecule has 1 fully saturated rings. The van der Waals surface area contributed by atoms with Crippen molar-refractivity contribution in [2.24, 2.45) is 0 Å². The minimum atomic E-state index is -0.846. The third-order valence-electron chi connectivity index (χ3n) is 4.50. The minimum absolute atomic E-state index is 0.226. The molecule has 7 heteroatoms. The van der Waals surface area contributed by atoms with E-state index in [1.54, 1.807) is 17.8 Å². The second-order valence-corrected chi connectivity index (χ2v) is 7.83. The Labute approximate surface area is 167 Å². The smallest absolute Gasteiger partial charge is 0.342 e. The standard InChI is InChI=1S/C21H21N3O3S/c1-14(20(25)22-16-9-10-16)27-21(26)17-13-24(12-15-6-3-2-4-7-15)23-19(17)18-8-5-11-28-18/h2-8,11,13-14,16H,9-10,12H2,1H3,(H,22,25)/t14-/m0/s1. The number of nitrogens with zero attached hydrogens (tertiary/aromatic N) is 2. The summed E-state index contributed by atoms with van der Waals surface area (Å²) in [5, 5.41) is 9.40. The normalized spacial score (nSPS) is 14.5. The third kappa shape index (κ3) is 4.31. The number of hydrogen-bond donors (Lipinski definition) is 1. The monoisotopic (exact) mass is 395 g/mol. The number of rotatable bonds is 7. The van der Waals surface area contributed by atoms with Crippen LogP contribution in [0.25, 0.3) is 10.6 Å². The molecule has 0 saturated heterocycles. The van der Waals surface area contributed by atoms with Crippen LogP contribution >= 0.6 is 11.3 Å². The molecule has 144 valence electrons. The molecule has 4 rings (SSSR count). The molecule has 0 unspecified atom stereocenters. The fourth-order valence-electron chi connectivity index (χ4n) is 2.84. The Hall–Kier alpha value is -2.93. The fraction of sp³-hybridized carbons (Fsp3) is 0.286. The predicted octanol–water partition coefficient (Wildman–Crippen LogP) is 3.48. The summed E-state index contributed by atoms with van der Waals surface area (Å²) in [6.07, 6.45) is 2.82. The molecule has 1 aromatic carbocycles. The van der Waals surface area contributed by atoms with Gasteiger partial charge in [-0.05, 0) is 36.8 Å². The van der Waals surface area contributed by atoms with Crippen molar-refractivity contribution in [3.8, 4) is 10.6 Å². The van der Waals surface area contributed by atoms with Crippen LogP contribution in [0.2, 0.25) is 0 Å². The zero-order valence-corrected chi connectivity index (χ0v) is 16.3. The van der Waals surface area contributed by atoms with Crippen molar-refractivity contribution in [1.29, 1.82) is 0 Å². The first kappa shape index (κ1) is 18.4. The van der Waals surface area contributed by atoms with E-state index in [-0.39, 0.29) is 11.9 Å². The molecular weight excluding hydrogens is 374 g/mol. The van der Waals surface area contributed by atoms with Crippen LogP contribution in [0.4, 0.5) is 0 Å². The molecule has 1 aliphatic carbocycles. The number of amides is 1. The zero-order valence-electron chi connectivity index (χ0n) is 15.5. The number of aromatic nitrogens is 2. The Morgan fingerprint density at radius 3 is 2.71 bits per heavy atom. The van der Waals surface area contributed by atoms with Gasteiger partial charge in [0.15, 0.2) is 6.10 Å². The van der Waals surface area contributed by atoms with Crippen molar-refractivity contribution in [2.75, 3.05) is 0 Å². The van der Waals surface area contributed by atoms with E-state index in [9.17, 15) is 9.59 Å². The first-order chi connectivity index (χ1) is 13.6. The van der Waals surface area contributed by atoms with E-state index in [0.717, 1.165) is 23.3 Å². The lowest BCUT2D eigenvalue weighted by Crippen LogP contribution is -2.37. The van der Waals surface area contributed by atoms with E-state index in [4.69, 9.17) is 4.74 Å². The first-order valence-electron chi connectivity index (χ1n) is 9.27. The van der Waals surface area contributed by atoms with Gasteiger partial charge in [-0.2, -0.15) is 5.10 Å². The highest BCUT2D eigenvalue weighted by molar-refractivity contribution is 7.13. The molecule has 0 aliphatic heterocycles. The molecule has 28 heavy (non-hydrogen) atoms. The van der Waals surface area contributed by atoms with Gasteiger partial charge >= 0.3 is 5.97 Å². The highest BCUT2D eigenvalue weighted by atomic mass is 32.1. The van der Waals surface area contributed by atoms with Crippen molar-refractivity contribution in [3.63, 3.8) is 0 Å². The maximum atomic E-state index is 12.8. The zero-order chi connectivity index (χ0) is 19.5. The van der Waals surface area contributed by atoms with E-state index in [2.05, 4.69) is 10.4 Å². The summed E-state index contributed by atoms with van der Waals surface area (Å²) < 4.78 is 7.16. The van der Waals surface area contributed by atoms with Crippen LogP contribution in [0.15, 0.2) is 54.0 Å². The van der Waals surface area contributed by atoms with Gasteiger partial charge in [-0.15, -0.1) is 11.3 Å². The highest BCUT2D eigenvalue weighted by Crippen LogP contribution is 2.28. The quantitative estimate of drug-likeness (QED) is 0.622. The summed E-state index contributed by atoms with van der Waals surface area (Å²) in [5.41, 5.74) is 2.02. The van der Waals surface area contributed by atoms with Crippen LogP contribution in [0.3, 0.4) is 0 Å². The predicted molar refractivity (Wildman–Crippen MR) is 107 cm³/mol. The maximum Gasteiger partial charge on any atom is 0.342 e. The average molecular weight is 395 g/mol. The van der Waals surface area contributed by atoms with Gasteiger partial charge in [0, 0.05) is 12.2 Å². The van der Waals surface area contributed by atoms with Crippen molar-refractivity contribution < 1.29 is 14.3 Å². The van der Waals surface area contributed by atoms with E-state index in [1.807, 2.05) is 47.8 Å². The maximum absolute atomic E-state index is 12.8. The van der Waals surface area contributed by atoms with Crippen molar-refractivity contribution >= 4 is 23.2 Å². The van der Waals surface area contributed by atoms with Crippen molar-refractivity contribution in [2.45, 2.75) is 38.5 Å². The van der Waals surface area contributed by atoms with Gasteiger partial charge in [0.1, 0.15) is 11.3 Å². The molecule has 1 saturated carbocycles. The number of esters is 1. The Morgan fingerprint density at radius 1 is 1.25 bits per heavy atom. The lowest BCUT2D eigenvalue weighted by molar-refractivity contribution is -0.129. The summed E-state index contributed by atoms with van der Waals surface area (Å²) in [6, 6.07) is 14.0. The summed E-state index contributed by atoms with van der Waals surface area (Å²) in [5.74, 6) is -0.800. The lowest BCUT2D eigenvalue weighted by Gasteiger charge is -2.12. The van der Waals surface area contributed by atoms with Crippen LogP contribution < -0.4 is 5.32 Å². The largest absolute Gasteiger partial charge is 0.449 e. The fourth-order valence-corrected chi connectivity index (χ4v) is 3.56. The number of thiophene rings is 1. The summed E-state index contributed by atoms with van der Waals surface area (Å²) >= 11 is 1.51. The topological polar surface area (TPSA) is 73.2 Å². The number of hydrogen-bond acceptors (Lipinski definition) is 5. The second-order valence-electron chi connectivity index (χ2n) is 6.88. The van der Waals surface area contributed by atoms with Crippen molar-refractivity contribution in [1.82, 2.24) is 15.1 Å². The average Bonchev–Trinajstić information content (AvgIpc) is 3.18. The Balaban J connectivity index is 1.55.